The van der Waals surface area contributed by atoms with Gasteiger partial charge in [0.15, 0.2) is 0 Å². The Morgan fingerprint density at radius 2 is 2.00 bits per heavy atom. The summed E-state index contributed by atoms with van der Waals surface area (Å²) in [5.41, 5.74) is 7.91. The van der Waals surface area contributed by atoms with Crippen molar-refractivity contribution in [2.75, 3.05) is 24.5 Å². The van der Waals surface area contributed by atoms with Crippen molar-refractivity contribution in [1.29, 1.82) is 0 Å². The third-order valence-corrected chi connectivity index (χ3v) is 4.27. The molecule has 22 heavy (non-hydrogen) atoms. The minimum Gasteiger partial charge on any atom is -0.366 e. The Morgan fingerprint density at radius 3 is 2.68 bits per heavy atom. The second-order valence-electron chi connectivity index (χ2n) is 5.35. The highest BCUT2D eigenvalue weighted by atomic mass is 35.5. The molecule has 2 aromatic carbocycles. The number of benzene rings is 2. The van der Waals surface area contributed by atoms with Crippen molar-refractivity contribution in [2.45, 2.75) is 6.04 Å². The normalized spacial score (nSPS) is 18.2. The standard InChI is InChI=1S/C17H18ClN3O/c18-14-10-13(17(19)22)6-7-15(14)21-9-8-20-11-16(21)12-4-2-1-3-5-12/h1-7,10,16,20H,8-9,11H2,(H2,19,22)/t16-/m0/s1. The molecule has 0 unspecified atom stereocenters. The average molecular weight is 316 g/mol. The maximum Gasteiger partial charge on any atom is 0.248 e. The quantitative estimate of drug-likeness (QED) is 0.915. The van der Waals surface area contributed by atoms with Crippen LogP contribution >= 0.6 is 11.6 Å². The first-order valence-electron chi connectivity index (χ1n) is 7.28. The zero-order valence-corrected chi connectivity index (χ0v) is 12.9. The summed E-state index contributed by atoms with van der Waals surface area (Å²) in [4.78, 5) is 13.5. The zero-order chi connectivity index (χ0) is 15.5. The number of piperazine rings is 1. The first kappa shape index (κ1) is 14.9. The maximum atomic E-state index is 11.3. The summed E-state index contributed by atoms with van der Waals surface area (Å²) in [5, 5.41) is 3.98. The van der Waals surface area contributed by atoms with Gasteiger partial charge >= 0.3 is 0 Å². The number of amides is 1. The molecule has 0 saturated carbocycles. The largest absolute Gasteiger partial charge is 0.366 e. The van der Waals surface area contributed by atoms with E-state index in [9.17, 15) is 4.79 Å². The summed E-state index contributed by atoms with van der Waals surface area (Å²) >= 11 is 6.39. The minimum absolute atomic E-state index is 0.215. The van der Waals surface area contributed by atoms with Crippen LogP contribution in [0.2, 0.25) is 5.02 Å². The second kappa shape index (κ2) is 6.38. The van der Waals surface area contributed by atoms with Gasteiger partial charge in [0.2, 0.25) is 5.91 Å². The van der Waals surface area contributed by atoms with E-state index in [0.717, 1.165) is 25.3 Å². The molecule has 2 aromatic rings. The molecule has 3 rings (SSSR count). The van der Waals surface area contributed by atoms with Gasteiger partial charge in [0.1, 0.15) is 0 Å². The highest BCUT2D eigenvalue weighted by Gasteiger charge is 2.25. The molecular weight excluding hydrogens is 298 g/mol. The van der Waals surface area contributed by atoms with E-state index < -0.39 is 5.91 Å². The zero-order valence-electron chi connectivity index (χ0n) is 12.1. The van der Waals surface area contributed by atoms with Crippen molar-refractivity contribution in [3.05, 3.63) is 64.7 Å². The van der Waals surface area contributed by atoms with Crippen LogP contribution in [0.4, 0.5) is 5.69 Å². The van der Waals surface area contributed by atoms with Crippen molar-refractivity contribution in [3.8, 4) is 0 Å². The van der Waals surface area contributed by atoms with Gasteiger partial charge < -0.3 is 16.0 Å². The van der Waals surface area contributed by atoms with Gasteiger partial charge in [0.05, 0.1) is 16.8 Å². The first-order valence-corrected chi connectivity index (χ1v) is 7.66. The maximum absolute atomic E-state index is 11.3. The van der Waals surface area contributed by atoms with Gasteiger partial charge in [-0.3, -0.25) is 4.79 Å². The number of nitrogens with two attached hydrogens (primary N) is 1. The predicted molar refractivity (Wildman–Crippen MR) is 89.4 cm³/mol. The summed E-state index contributed by atoms with van der Waals surface area (Å²) in [7, 11) is 0. The molecule has 114 valence electrons. The Labute approximate surface area is 134 Å². The molecule has 1 atom stereocenters. The van der Waals surface area contributed by atoms with E-state index in [-0.39, 0.29) is 6.04 Å². The van der Waals surface area contributed by atoms with Crippen LogP contribution in [0.5, 0.6) is 0 Å². The molecule has 1 aliphatic rings. The number of nitrogens with zero attached hydrogens (tertiary/aromatic N) is 1. The number of anilines is 1. The molecule has 0 aliphatic carbocycles. The molecule has 0 radical (unpaired) electrons. The molecule has 1 fully saturated rings. The summed E-state index contributed by atoms with van der Waals surface area (Å²) in [6.07, 6.45) is 0. The van der Waals surface area contributed by atoms with Crippen LogP contribution in [0, 0.1) is 0 Å². The highest BCUT2D eigenvalue weighted by molar-refractivity contribution is 6.33. The number of hydrogen-bond donors (Lipinski definition) is 2. The third kappa shape index (κ3) is 2.93. The molecule has 5 heteroatoms. The van der Waals surface area contributed by atoms with E-state index in [1.54, 1.807) is 12.1 Å². The number of primary amides is 1. The smallest absolute Gasteiger partial charge is 0.248 e. The van der Waals surface area contributed by atoms with E-state index >= 15 is 0 Å². The topological polar surface area (TPSA) is 58.4 Å². The van der Waals surface area contributed by atoms with Gasteiger partial charge in [-0.2, -0.15) is 0 Å². The van der Waals surface area contributed by atoms with E-state index in [4.69, 9.17) is 17.3 Å². The third-order valence-electron chi connectivity index (χ3n) is 3.97. The molecule has 1 saturated heterocycles. The Morgan fingerprint density at radius 1 is 1.23 bits per heavy atom. The Hall–Kier alpha value is -2.04. The van der Waals surface area contributed by atoms with Gasteiger partial charge in [-0.15, -0.1) is 0 Å². The fourth-order valence-corrected chi connectivity index (χ4v) is 3.15. The van der Waals surface area contributed by atoms with Crippen molar-refractivity contribution in [2.24, 2.45) is 5.73 Å². The number of nitrogens with one attached hydrogen (secondary N) is 1. The Bertz CT molecular complexity index is 675. The Balaban J connectivity index is 1.96. The van der Waals surface area contributed by atoms with E-state index in [0.29, 0.717) is 10.6 Å². The lowest BCUT2D eigenvalue weighted by atomic mass is 10.0. The number of halogens is 1. The van der Waals surface area contributed by atoms with E-state index in [1.165, 1.54) is 5.56 Å². The van der Waals surface area contributed by atoms with Crippen LogP contribution in [0.3, 0.4) is 0 Å². The van der Waals surface area contributed by atoms with Crippen LogP contribution < -0.4 is 16.0 Å². The number of carbonyl (C=O) groups is 1. The molecule has 0 bridgehead atoms. The number of hydrogen-bond acceptors (Lipinski definition) is 3. The molecule has 0 spiro atoms. The van der Waals surface area contributed by atoms with Crippen LogP contribution in [0.25, 0.3) is 0 Å². The predicted octanol–water partition coefficient (Wildman–Crippen LogP) is 2.59. The first-order chi connectivity index (χ1) is 10.7. The lowest BCUT2D eigenvalue weighted by Crippen LogP contribution is -2.46. The van der Waals surface area contributed by atoms with Gasteiger partial charge in [0, 0.05) is 25.2 Å². The lowest BCUT2D eigenvalue weighted by Gasteiger charge is -2.38. The number of rotatable bonds is 3. The molecule has 4 nitrogen and oxygen atoms in total. The summed E-state index contributed by atoms with van der Waals surface area (Å²) in [6, 6.07) is 15.8. The van der Waals surface area contributed by atoms with Crippen LogP contribution in [0.15, 0.2) is 48.5 Å². The molecular formula is C17H18ClN3O. The summed E-state index contributed by atoms with van der Waals surface area (Å²) in [6.45, 7) is 2.62. The van der Waals surface area contributed by atoms with Crippen molar-refractivity contribution >= 4 is 23.2 Å². The van der Waals surface area contributed by atoms with Gasteiger partial charge in [-0.1, -0.05) is 41.9 Å². The van der Waals surface area contributed by atoms with Crippen LogP contribution in [0.1, 0.15) is 22.0 Å². The van der Waals surface area contributed by atoms with Crippen LogP contribution in [-0.2, 0) is 0 Å². The molecule has 0 aromatic heterocycles. The minimum atomic E-state index is -0.464. The molecule has 3 N–H and O–H groups in total. The van der Waals surface area contributed by atoms with Crippen molar-refractivity contribution in [3.63, 3.8) is 0 Å². The second-order valence-corrected chi connectivity index (χ2v) is 5.76. The van der Waals surface area contributed by atoms with Gasteiger partial charge in [-0.25, -0.2) is 0 Å². The highest BCUT2D eigenvalue weighted by Crippen LogP contribution is 2.34. The molecule has 1 amide bonds. The summed E-state index contributed by atoms with van der Waals surface area (Å²) < 4.78 is 0. The molecule has 1 heterocycles. The fraction of sp³-hybridized carbons (Fsp3) is 0.235. The van der Waals surface area contributed by atoms with Crippen molar-refractivity contribution < 1.29 is 4.79 Å². The fourth-order valence-electron chi connectivity index (χ4n) is 2.86. The SMILES string of the molecule is NC(=O)c1ccc(N2CCNC[C@H]2c2ccccc2)c(Cl)c1. The van der Waals surface area contributed by atoms with E-state index in [2.05, 4.69) is 22.3 Å². The Kier molecular flexibility index (Phi) is 4.32. The molecule has 1 aliphatic heterocycles. The van der Waals surface area contributed by atoms with Gasteiger partial charge in [0.25, 0.3) is 0 Å². The van der Waals surface area contributed by atoms with Crippen molar-refractivity contribution in [1.82, 2.24) is 5.32 Å². The van der Waals surface area contributed by atoms with Crippen LogP contribution in [-0.4, -0.2) is 25.5 Å². The number of carbonyl (C=O) groups excluding carboxylic acids is 1. The average Bonchev–Trinajstić information content (AvgIpc) is 2.55. The monoisotopic (exact) mass is 315 g/mol. The lowest BCUT2D eigenvalue weighted by molar-refractivity contribution is 0.100. The van der Waals surface area contributed by atoms with E-state index in [1.807, 2.05) is 24.3 Å². The summed E-state index contributed by atoms with van der Waals surface area (Å²) in [5.74, 6) is -0.464. The van der Waals surface area contributed by atoms with Gasteiger partial charge in [-0.05, 0) is 23.8 Å².